The average Bonchev–Trinajstić information content (AvgIpc) is 1.70. The van der Waals surface area contributed by atoms with Crippen LogP contribution in [0.2, 0.25) is 0 Å². The van der Waals surface area contributed by atoms with Crippen LogP contribution in [0.15, 0.2) is 30.5 Å². The van der Waals surface area contributed by atoms with Crippen LogP contribution in [0.3, 0.4) is 0 Å². The predicted molar refractivity (Wildman–Crippen MR) is 443 cm³/mol. The Hall–Kier alpha value is -7.92. The molecule has 7 N–H and O–H groups in total. The maximum Gasteiger partial charge on any atom is 0.246 e. The summed E-state index contributed by atoms with van der Waals surface area (Å²) in [6.07, 6.45) is 5.44. The number of allylic oxidation sites excluding steroid dienone is 1. The van der Waals surface area contributed by atoms with Crippen molar-refractivity contribution in [2.75, 3.05) is 137 Å². The number of amides is 13. The van der Waals surface area contributed by atoms with Crippen molar-refractivity contribution in [3.05, 3.63) is 47.4 Å². The highest BCUT2D eigenvalue weighted by atomic mass is 16.5. The van der Waals surface area contributed by atoms with Crippen LogP contribution in [0.5, 0.6) is 0 Å². The maximum atomic E-state index is 12.1. The highest BCUT2D eigenvalue weighted by Crippen LogP contribution is 2.30. The largest absolute Gasteiger partial charge is 0.381 e. The lowest BCUT2D eigenvalue weighted by atomic mass is 9.94. The van der Waals surface area contributed by atoms with E-state index in [1.165, 1.54) is 19.6 Å². The third-order valence-electron chi connectivity index (χ3n) is 18.9. The van der Waals surface area contributed by atoms with Gasteiger partial charge in [-0.3, -0.25) is 81.9 Å². The quantitative estimate of drug-likeness (QED) is 0.0184. The number of anilines is 1. The van der Waals surface area contributed by atoms with Crippen LogP contribution in [-0.4, -0.2) is 240 Å². The minimum atomic E-state index is -0.277. The van der Waals surface area contributed by atoms with E-state index in [2.05, 4.69) is 97.5 Å². The molecule has 115 heavy (non-hydrogen) atoms. The number of nitrogens with zero attached hydrogens (tertiary/aromatic N) is 5. The zero-order chi connectivity index (χ0) is 86.9. The number of likely N-dealkylation sites (tertiary alicyclic amines) is 4. The molecule has 0 aliphatic carbocycles. The highest BCUT2D eigenvalue weighted by molar-refractivity contribution is 6.06. The van der Waals surface area contributed by atoms with Gasteiger partial charge in [0.05, 0.1) is 72.3 Å². The molecule has 13 amide bonds. The van der Waals surface area contributed by atoms with Crippen LogP contribution >= 0.6 is 0 Å². The monoisotopic (exact) mass is 1620 g/mol. The topological polar surface area (TPSA) is 370 Å². The van der Waals surface area contributed by atoms with Crippen LogP contribution in [0.25, 0.3) is 10.4 Å². The molecule has 4 aliphatic rings. The Bertz CT molecular complexity index is 3220. The summed E-state index contributed by atoms with van der Waals surface area (Å²) in [4.78, 5) is 162. The minimum absolute atomic E-state index is 0.0381. The summed E-state index contributed by atoms with van der Waals surface area (Å²) >= 11 is 0. The highest BCUT2D eigenvalue weighted by Gasteiger charge is 2.43. The van der Waals surface area contributed by atoms with Gasteiger partial charge in [-0.05, 0) is 83.5 Å². The first-order chi connectivity index (χ1) is 54.2. The molecule has 0 bridgehead atoms. The molecule has 30 heteroatoms. The van der Waals surface area contributed by atoms with Crippen LogP contribution in [0.1, 0.15) is 202 Å². The normalized spacial score (nSPS) is 17.0. The van der Waals surface area contributed by atoms with E-state index in [0.29, 0.717) is 108 Å². The van der Waals surface area contributed by atoms with E-state index < -0.39 is 0 Å². The molecule has 0 spiro atoms. The summed E-state index contributed by atoms with van der Waals surface area (Å²) in [7, 11) is 0. The molecule has 1 aromatic rings. The van der Waals surface area contributed by atoms with Crippen molar-refractivity contribution in [2.45, 2.75) is 208 Å². The van der Waals surface area contributed by atoms with E-state index in [1.54, 1.807) is 6.20 Å². The Kier molecular flexibility index (Phi) is 53.8. The number of hydrogen-bond donors (Lipinski definition) is 7. The second-order valence-corrected chi connectivity index (χ2v) is 32.8. The lowest BCUT2D eigenvalue weighted by molar-refractivity contribution is -0.142. The van der Waals surface area contributed by atoms with E-state index in [-0.39, 0.29) is 215 Å². The van der Waals surface area contributed by atoms with Gasteiger partial charge in [0.1, 0.15) is 13.2 Å². The lowest BCUT2D eigenvalue weighted by Gasteiger charge is -2.16. The number of rotatable bonds is 48. The SMILES string of the molecule is CC(C)CNC(=O)COCCN1C(=O)CC(C(C)C)C1=O.CC(C)CNC(=O)COCCNC(=O)CCN1C(=O)CC(C(C)C)C1=O.CC(C)NCCOCCN1C(=O)CC(C(C)C)C1=O.CC(C)NCCOCCNC(=O)CCN1C(=O)CC(C(C)C)C1=O.[C-]#[N+]/C=C(/c1ccc(NC(=O)CCOCCCC(C)C)cc1)C(C)C. The van der Waals surface area contributed by atoms with E-state index in [4.69, 9.17) is 30.3 Å². The van der Waals surface area contributed by atoms with E-state index >= 15 is 0 Å². The second-order valence-electron chi connectivity index (χ2n) is 32.8. The first-order valence-corrected chi connectivity index (χ1v) is 41.5. The first kappa shape index (κ1) is 105. The van der Waals surface area contributed by atoms with Crippen LogP contribution < -0.4 is 37.2 Å². The minimum Gasteiger partial charge on any atom is -0.381 e. The fraction of sp³-hybridized carbons (Fsp3) is 0.741. The predicted octanol–water partition coefficient (Wildman–Crippen LogP) is 8.07. The van der Waals surface area contributed by atoms with Crippen LogP contribution in [0, 0.1) is 77.6 Å². The van der Waals surface area contributed by atoms with Crippen molar-refractivity contribution in [1.29, 1.82) is 0 Å². The summed E-state index contributed by atoms with van der Waals surface area (Å²) < 4.78 is 26.7. The molecule has 4 atom stereocenters. The number of hydrogen-bond acceptors (Lipinski definition) is 20. The van der Waals surface area contributed by atoms with Gasteiger partial charge < -0.3 is 60.9 Å². The third kappa shape index (κ3) is 44.8. The number of carbonyl (C=O) groups excluding carboxylic acids is 13. The summed E-state index contributed by atoms with van der Waals surface area (Å²) in [5.74, 6) is -0.433. The van der Waals surface area contributed by atoms with Crippen molar-refractivity contribution < 1.29 is 86.0 Å². The molecule has 0 saturated carbocycles. The molecule has 0 radical (unpaired) electrons. The summed E-state index contributed by atoms with van der Waals surface area (Å²) in [5, 5.41) is 20.2. The van der Waals surface area contributed by atoms with E-state index in [1.807, 2.05) is 107 Å². The number of ether oxygens (including phenoxy) is 5. The number of imide groups is 4. The fourth-order valence-electron chi connectivity index (χ4n) is 11.9. The number of nitrogens with one attached hydrogen (secondary N) is 7. The van der Waals surface area contributed by atoms with Gasteiger partial charge in [-0.15, -0.1) is 0 Å². The maximum absolute atomic E-state index is 12.1. The van der Waals surface area contributed by atoms with E-state index in [9.17, 15) is 62.3 Å². The molecule has 652 valence electrons. The summed E-state index contributed by atoms with van der Waals surface area (Å²) in [6.45, 7) is 55.3. The molecule has 4 unspecified atom stereocenters. The molecule has 1 aromatic carbocycles. The van der Waals surface area contributed by atoms with Gasteiger partial charge in [0.15, 0.2) is 6.20 Å². The van der Waals surface area contributed by atoms with Crippen molar-refractivity contribution >= 4 is 88.1 Å². The standard InChI is InChI=1S/C21H30N2O2.C18H31N3O5.C17H31N3O4.C15H26N2O4.C14H26N2O3/c1-16(2)7-6-13-25-14-12-21(24)23-19-10-8-18(9-11-19)20(15-22-5)17(3)4;1-12(2)10-20-16(23)11-26-8-6-19-15(22)5-7-21-17(24)9-14(13(3)4)18(21)25;1-12(2)14-11-16(22)20(17(14)23)8-5-15(21)19-7-10-24-9-6-18-13(3)4;1-10(2)8-16-13(18)9-21-6-5-17-14(19)7-12(11(3)4)15(17)20;1-10(2)12-9-13(17)16(14(12)18)6-8-19-7-5-15-11(3)4/h8-11,15-17H,6-7,12-14H2,1-4H3,(H,23,24);12-14H,5-11H2,1-4H3,(H,19,22)(H,20,23);12-14,18H,5-11H2,1-4H3,(H,19,21);10-12H,5-9H2,1-4H3,(H,16,18);10-12,15H,5-9H2,1-4H3/b20-15+;;;;. The van der Waals surface area contributed by atoms with Gasteiger partial charge in [-0.2, -0.15) is 0 Å². The molecule has 30 nitrogen and oxygen atoms in total. The van der Waals surface area contributed by atoms with Crippen molar-refractivity contribution in [3.63, 3.8) is 0 Å². The Balaban J connectivity index is 0.000000722. The van der Waals surface area contributed by atoms with Crippen molar-refractivity contribution in [1.82, 2.24) is 51.5 Å². The number of carbonyl (C=O) groups is 13. The lowest BCUT2D eigenvalue weighted by Crippen LogP contribution is -2.36. The smallest absolute Gasteiger partial charge is 0.246 e. The molecular weight excluding hydrogens is 1480 g/mol. The van der Waals surface area contributed by atoms with Crippen molar-refractivity contribution in [2.24, 2.45) is 71.0 Å². The zero-order valence-corrected chi connectivity index (χ0v) is 73.1. The van der Waals surface area contributed by atoms with E-state index in [0.717, 1.165) is 42.8 Å². The van der Waals surface area contributed by atoms with Gasteiger partial charge in [0, 0.05) is 139 Å². The molecule has 4 fully saturated rings. The molecule has 4 saturated heterocycles. The van der Waals surface area contributed by atoms with Gasteiger partial charge >= 0.3 is 0 Å². The Morgan fingerprint density at radius 1 is 0.409 bits per heavy atom. The zero-order valence-electron chi connectivity index (χ0n) is 73.1. The van der Waals surface area contributed by atoms with Gasteiger partial charge in [0.25, 0.3) is 0 Å². The number of benzene rings is 1. The third-order valence-corrected chi connectivity index (χ3v) is 18.9. The second kappa shape index (κ2) is 58.8. The summed E-state index contributed by atoms with van der Waals surface area (Å²) in [5.41, 5.74) is 2.78. The van der Waals surface area contributed by atoms with Gasteiger partial charge in [0.2, 0.25) is 76.8 Å². The van der Waals surface area contributed by atoms with Crippen LogP contribution in [-0.2, 0) is 86.0 Å². The Morgan fingerprint density at radius 2 is 0.757 bits per heavy atom. The Morgan fingerprint density at radius 3 is 1.10 bits per heavy atom. The first-order valence-electron chi connectivity index (χ1n) is 41.5. The van der Waals surface area contributed by atoms with Crippen LogP contribution in [0.4, 0.5) is 5.69 Å². The Labute approximate surface area is 686 Å². The molecule has 5 rings (SSSR count). The fourth-order valence-corrected chi connectivity index (χ4v) is 11.9. The van der Waals surface area contributed by atoms with Gasteiger partial charge in [-0.25, -0.2) is 4.85 Å². The van der Waals surface area contributed by atoms with Crippen molar-refractivity contribution in [3.8, 4) is 0 Å². The molecule has 0 aromatic heterocycles. The average molecular weight is 1620 g/mol. The molecular formula is C85H144N12O18. The summed E-state index contributed by atoms with van der Waals surface area (Å²) in [6, 6.07) is 8.49. The molecule has 4 aliphatic heterocycles. The molecule has 4 heterocycles. The van der Waals surface area contributed by atoms with Gasteiger partial charge in [-0.1, -0.05) is 151 Å².